The van der Waals surface area contributed by atoms with Gasteiger partial charge in [0.1, 0.15) is 50.8 Å². The van der Waals surface area contributed by atoms with Crippen LogP contribution in [0.2, 0.25) is 0 Å². The van der Waals surface area contributed by atoms with E-state index in [1.165, 1.54) is 12.8 Å². The summed E-state index contributed by atoms with van der Waals surface area (Å²) in [6, 6.07) is 9.05. The molecule has 8 saturated carbocycles. The first-order valence-electron chi connectivity index (χ1n) is 42.7. The molecule has 8 aliphatic carbocycles. The number of benzene rings is 2. The molecule has 6 aliphatic heterocycles. The molecule has 0 spiro atoms. The summed E-state index contributed by atoms with van der Waals surface area (Å²) in [5, 5.41) is 2.91. The number of Topliss-reactive ketones (excluding diaryl/α,β-unsaturated/α-hetero) is 2. The highest BCUT2D eigenvalue weighted by Crippen LogP contribution is 2.60. The van der Waals surface area contributed by atoms with Crippen molar-refractivity contribution >= 4 is 88.7 Å². The number of nitrogens with one attached hydrogen (secondary N) is 2. The summed E-state index contributed by atoms with van der Waals surface area (Å²) in [7, 11) is -7.90. The van der Waals surface area contributed by atoms with E-state index in [0.717, 1.165) is 62.1 Å². The lowest BCUT2D eigenvalue weighted by Gasteiger charge is -2.32. The number of pyridine rings is 2. The van der Waals surface area contributed by atoms with Gasteiger partial charge in [0.05, 0.1) is 70.2 Å². The fourth-order valence-electron chi connectivity index (χ4n) is 20.5. The Hall–Kier alpha value is -8.40. The maximum atomic E-state index is 15.0. The zero-order valence-electron chi connectivity index (χ0n) is 67.3. The van der Waals surface area contributed by atoms with Gasteiger partial charge in [0.2, 0.25) is 55.4 Å². The monoisotopic (exact) mass is 1630 g/mol. The van der Waals surface area contributed by atoms with Gasteiger partial charge in [-0.05, 0) is 225 Å². The zero-order valence-corrected chi connectivity index (χ0v) is 68.9. The van der Waals surface area contributed by atoms with Crippen molar-refractivity contribution in [3.05, 3.63) is 73.1 Å². The second kappa shape index (κ2) is 31.1. The topological polar surface area (TPSA) is 335 Å². The van der Waals surface area contributed by atoms with Crippen LogP contribution in [0.4, 0.5) is 0 Å². The van der Waals surface area contributed by atoms with Crippen LogP contribution in [0.1, 0.15) is 196 Å². The van der Waals surface area contributed by atoms with Gasteiger partial charge in [0, 0.05) is 59.6 Å². The molecule has 2 N–H and O–H groups in total. The van der Waals surface area contributed by atoms with Crippen LogP contribution in [0.15, 0.2) is 73.1 Å². The lowest BCUT2D eigenvalue weighted by Crippen LogP contribution is -2.48. The third kappa shape index (κ3) is 16.1. The number of carbonyl (C=O) groups is 8. The van der Waals surface area contributed by atoms with Crippen LogP contribution < -0.4 is 37.9 Å². The Bertz CT molecular complexity index is 4590. The van der Waals surface area contributed by atoms with Crippen molar-refractivity contribution in [2.24, 2.45) is 81.8 Å². The largest absolute Gasteiger partial charge is 0.486 e. The number of esters is 2. The Morgan fingerprint density at radius 2 is 0.879 bits per heavy atom. The fourth-order valence-corrected chi connectivity index (χ4v) is 23.2. The summed E-state index contributed by atoms with van der Waals surface area (Å²) in [5.41, 5.74) is -2.52. The number of ketones is 2. The number of amides is 4. The lowest BCUT2D eigenvalue weighted by atomic mass is 9.82. The SMILES string of the molecule is C[C@@H]1CC/C=C\[C@@H]2C[C@@]2(C(=O)NS(=O)(=O)C2(C)CC2)CC(=O)[C@@H]2C[C@@H](Oc3nccc4c5c(ccc34)OCCO5)CN2C(=O)[C@@H](CC(=O)OC2C[C@@H]3C[C@@H]3C2)[C@H](C)C1.C[C@H]1CC/C=C\[C@@H]2C[C@@]2(C(=O)NS(=O)(=O)C2(C)CC2)CC(=O)[C@@H]2C[C@@H](Oc3nccc4c5c(ccc34)OCCO5)CN2C(=O)[C@@H](CC(=O)OC2C[C@@H]3C[C@@H]3C2)[C@H](C)C1. The quantitative estimate of drug-likeness (QED) is 0.0777. The van der Waals surface area contributed by atoms with Crippen molar-refractivity contribution in [3.63, 3.8) is 0 Å². The number of fused-ring (bicyclic) bond motifs is 12. The van der Waals surface area contributed by atoms with E-state index in [4.69, 9.17) is 37.9 Å². The predicted octanol–water partition coefficient (Wildman–Crippen LogP) is 11.4. The third-order valence-electron chi connectivity index (χ3n) is 28.7. The molecule has 2 saturated heterocycles. The van der Waals surface area contributed by atoms with Gasteiger partial charge in [-0.3, -0.25) is 47.8 Å². The maximum absolute atomic E-state index is 15.0. The van der Waals surface area contributed by atoms with Gasteiger partial charge in [-0.2, -0.15) is 0 Å². The minimum absolute atomic E-state index is 0.0624. The standard InChI is InChI=1S/2C44H55N3O10S/c2*1-25-6-4-5-7-29-22-44(29,42(51)46-58(52,53)43(3)11-12-43)23-36(48)35-20-31(57-40-33-8-9-37-39(55-15-14-54-37)32(33)10-13-45-40)24-47(35)41(50)34(26(2)16-25)21-38(49)56-30-18-27-17-28(27)19-30/h2*5,7-10,13,25-31,34-35H,4,6,11-12,14-24H2,1-3H3,(H,46,51)/b2*7-5-/t25-,26+,27-,28+,29+,30?,31+,34-,35-,44+;25-,26-,27-,28+,29-,30?,31-,34+,35+,44-/m01/s1. The summed E-state index contributed by atoms with van der Waals surface area (Å²) < 4.78 is 104. The number of hydrogen-bond donors (Lipinski definition) is 2. The third-order valence-corrected chi connectivity index (χ3v) is 33.1. The number of hydrogen-bond acceptors (Lipinski definition) is 22. The minimum atomic E-state index is -3.95. The average Bonchev–Trinajstić information content (AvgIpc) is 1.56. The van der Waals surface area contributed by atoms with E-state index in [1.54, 1.807) is 36.0 Å². The zero-order chi connectivity index (χ0) is 81.1. The molecular formula is C88H110N6O20S2. The van der Waals surface area contributed by atoms with Crippen molar-refractivity contribution in [1.29, 1.82) is 0 Å². The average molecular weight is 1640 g/mol. The van der Waals surface area contributed by atoms with Gasteiger partial charge in [-0.1, -0.05) is 52.0 Å². The van der Waals surface area contributed by atoms with Gasteiger partial charge in [-0.25, -0.2) is 26.8 Å². The van der Waals surface area contributed by atoms with Crippen LogP contribution in [0.25, 0.3) is 21.5 Å². The first-order valence-corrected chi connectivity index (χ1v) is 45.6. The molecule has 4 amide bonds. The van der Waals surface area contributed by atoms with Crippen LogP contribution >= 0.6 is 0 Å². The smallest absolute Gasteiger partial charge is 0.306 e. The molecule has 20 atom stereocenters. The van der Waals surface area contributed by atoms with Gasteiger partial charge >= 0.3 is 11.9 Å². The summed E-state index contributed by atoms with van der Waals surface area (Å²) in [5.74, 6) is 0.139. The first-order chi connectivity index (χ1) is 55.5. The Kier molecular flexibility index (Phi) is 21.4. The van der Waals surface area contributed by atoms with E-state index in [-0.39, 0.29) is 123 Å². The van der Waals surface area contributed by atoms with E-state index in [9.17, 15) is 45.6 Å². The highest BCUT2D eigenvalue weighted by molar-refractivity contribution is 7.92. The molecule has 116 heavy (non-hydrogen) atoms. The maximum Gasteiger partial charge on any atom is 0.306 e. The van der Waals surface area contributed by atoms with Crippen LogP contribution in [-0.2, 0) is 67.9 Å². The Morgan fingerprint density at radius 1 is 0.491 bits per heavy atom. The van der Waals surface area contributed by atoms with Gasteiger partial charge in [-0.15, -0.1) is 0 Å². The molecule has 2 aromatic heterocycles. The van der Waals surface area contributed by atoms with Crippen molar-refractivity contribution in [2.75, 3.05) is 39.5 Å². The number of rotatable bonds is 16. The molecule has 26 nitrogen and oxygen atoms in total. The fraction of sp³-hybridized carbons (Fsp3) is 0.659. The van der Waals surface area contributed by atoms with Gasteiger partial charge in [0.15, 0.2) is 34.6 Å². The molecule has 0 radical (unpaired) electrons. The second-order valence-corrected chi connectivity index (χ2v) is 41.9. The Labute approximate surface area is 678 Å². The van der Waals surface area contributed by atoms with Gasteiger partial charge < -0.3 is 47.7 Å². The molecule has 0 bridgehead atoms. The van der Waals surface area contributed by atoms with E-state index in [2.05, 4.69) is 33.3 Å². The van der Waals surface area contributed by atoms with Crippen molar-refractivity contribution in [2.45, 2.75) is 242 Å². The van der Waals surface area contributed by atoms with E-state index in [1.807, 2.05) is 74.5 Å². The molecule has 10 fully saturated rings. The minimum Gasteiger partial charge on any atom is -0.486 e. The molecule has 28 heteroatoms. The number of nitrogens with zero attached hydrogens (tertiary/aromatic N) is 4. The normalized spacial score (nSPS) is 35.7. The molecule has 2 unspecified atom stereocenters. The highest BCUT2D eigenvalue weighted by atomic mass is 32.2. The molecule has 2 aromatic carbocycles. The van der Waals surface area contributed by atoms with Crippen LogP contribution in [-0.4, -0.2) is 169 Å². The van der Waals surface area contributed by atoms with Gasteiger partial charge in [0.25, 0.3) is 0 Å². The number of aromatic nitrogens is 2. The highest BCUT2D eigenvalue weighted by Gasteiger charge is 2.65. The van der Waals surface area contributed by atoms with E-state index >= 15 is 9.59 Å². The predicted molar refractivity (Wildman–Crippen MR) is 425 cm³/mol. The van der Waals surface area contributed by atoms with Crippen LogP contribution in [0, 0.1) is 81.8 Å². The molecule has 8 heterocycles. The molecule has 14 aliphatic rings. The first kappa shape index (κ1) is 80.0. The van der Waals surface area contributed by atoms with E-state index in [0.29, 0.717) is 147 Å². The summed E-state index contributed by atoms with van der Waals surface area (Å²) in [6.45, 7) is 13.4. The Morgan fingerprint density at radius 3 is 1.27 bits per heavy atom. The molecule has 4 aromatic rings. The van der Waals surface area contributed by atoms with E-state index < -0.39 is 100 Å². The van der Waals surface area contributed by atoms with Crippen LogP contribution in [0.3, 0.4) is 0 Å². The summed E-state index contributed by atoms with van der Waals surface area (Å²) >= 11 is 0. The number of ether oxygens (including phenoxy) is 8. The molecular weight excluding hydrogens is 1530 g/mol. The lowest BCUT2D eigenvalue weighted by molar-refractivity contribution is -0.155. The molecule has 18 rings (SSSR count). The number of allylic oxidation sites excluding steroid dienone is 4. The summed E-state index contributed by atoms with van der Waals surface area (Å²) in [6.07, 6.45) is 22.2. The number of sulfonamides is 2. The summed E-state index contributed by atoms with van der Waals surface area (Å²) in [4.78, 5) is 127. The van der Waals surface area contributed by atoms with Crippen LogP contribution in [0.5, 0.6) is 34.8 Å². The van der Waals surface area contributed by atoms with Crippen molar-refractivity contribution in [1.82, 2.24) is 29.2 Å². The number of carbonyl (C=O) groups excluding carboxylic acids is 8. The Balaban J connectivity index is 0.000000167. The molecule has 624 valence electrons. The van der Waals surface area contributed by atoms with Crippen molar-refractivity contribution < 1.29 is 93.1 Å². The van der Waals surface area contributed by atoms with Crippen molar-refractivity contribution in [3.8, 4) is 34.8 Å². The second-order valence-electron chi connectivity index (χ2n) is 37.5.